The van der Waals surface area contributed by atoms with Crippen molar-refractivity contribution >= 4 is 28.3 Å². The van der Waals surface area contributed by atoms with Crippen LogP contribution >= 0.6 is 11.6 Å². The molecule has 0 N–H and O–H groups in total. The summed E-state index contributed by atoms with van der Waals surface area (Å²) in [5, 5.41) is 1.20. The largest absolute Gasteiger partial charge is 0.493 e. The number of ether oxygens (including phenoxy) is 2. The zero-order valence-electron chi connectivity index (χ0n) is 13.1. The molecule has 0 amide bonds. The molecule has 0 atom stereocenters. The van der Waals surface area contributed by atoms with Crippen molar-refractivity contribution in [2.24, 2.45) is 5.92 Å². The van der Waals surface area contributed by atoms with Gasteiger partial charge in [-0.25, -0.2) is 4.98 Å². The highest BCUT2D eigenvalue weighted by molar-refractivity contribution is 6.28. The standard InChI is InChI=1S/C16H20ClN3O2/c1-4-5-10-8-20(9-10)15-11-6-13(21-2)14(22-3)7-12(11)18-16(17)19-15/h6-7,10H,4-5,8-9H2,1-3H3. The van der Waals surface area contributed by atoms with Gasteiger partial charge in [0.25, 0.3) is 0 Å². The van der Waals surface area contributed by atoms with Crippen LogP contribution in [0.15, 0.2) is 12.1 Å². The van der Waals surface area contributed by atoms with E-state index in [4.69, 9.17) is 21.1 Å². The van der Waals surface area contributed by atoms with Crippen LogP contribution in [0.4, 0.5) is 5.82 Å². The molecule has 3 rings (SSSR count). The van der Waals surface area contributed by atoms with Crippen LogP contribution in [0.1, 0.15) is 19.8 Å². The highest BCUT2D eigenvalue weighted by atomic mass is 35.5. The SMILES string of the molecule is CCCC1CN(c2nc(Cl)nc3cc(OC)c(OC)cc23)C1. The number of methoxy groups -OCH3 is 2. The second-order valence-electron chi connectivity index (χ2n) is 5.60. The minimum Gasteiger partial charge on any atom is -0.493 e. The Hall–Kier alpha value is -1.75. The molecule has 0 unspecified atom stereocenters. The Labute approximate surface area is 135 Å². The van der Waals surface area contributed by atoms with Gasteiger partial charge in [0, 0.05) is 24.5 Å². The van der Waals surface area contributed by atoms with Gasteiger partial charge in [-0.15, -0.1) is 0 Å². The number of anilines is 1. The zero-order chi connectivity index (χ0) is 15.7. The van der Waals surface area contributed by atoms with Crippen LogP contribution in [0, 0.1) is 5.92 Å². The van der Waals surface area contributed by atoms with Crippen molar-refractivity contribution in [3.05, 3.63) is 17.4 Å². The molecule has 1 aliphatic heterocycles. The molecule has 1 aromatic carbocycles. The second-order valence-corrected chi connectivity index (χ2v) is 5.94. The van der Waals surface area contributed by atoms with E-state index >= 15 is 0 Å². The molecule has 6 heteroatoms. The third kappa shape index (κ3) is 2.65. The number of benzene rings is 1. The van der Waals surface area contributed by atoms with Crippen molar-refractivity contribution in [3.63, 3.8) is 0 Å². The third-order valence-electron chi connectivity index (χ3n) is 4.11. The van der Waals surface area contributed by atoms with E-state index in [0.29, 0.717) is 11.5 Å². The van der Waals surface area contributed by atoms with E-state index in [1.54, 1.807) is 14.2 Å². The summed E-state index contributed by atoms with van der Waals surface area (Å²) < 4.78 is 10.7. The maximum atomic E-state index is 6.09. The predicted molar refractivity (Wildman–Crippen MR) is 88.3 cm³/mol. The first kappa shape index (κ1) is 15.2. The van der Waals surface area contributed by atoms with E-state index < -0.39 is 0 Å². The number of halogens is 1. The number of fused-ring (bicyclic) bond motifs is 1. The molecule has 0 spiro atoms. The van der Waals surface area contributed by atoms with Crippen LogP contribution in [-0.2, 0) is 0 Å². The number of aromatic nitrogens is 2. The predicted octanol–water partition coefficient (Wildman–Crippen LogP) is 3.54. The number of rotatable bonds is 5. The van der Waals surface area contributed by atoms with E-state index in [0.717, 1.165) is 35.7 Å². The molecule has 0 saturated carbocycles. The van der Waals surface area contributed by atoms with Gasteiger partial charge in [0.2, 0.25) is 5.28 Å². The fourth-order valence-corrected chi connectivity index (χ4v) is 3.16. The maximum absolute atomic E-state index is 6.09. The lowest BCUT2D eigenvalue weighted by Crippen LogP contribution is -2.47. The Morgan fingerprint density at radius 3 is 2.50 bits per heavy atom. The smallest absolute Gasteiger partial charge is 0.224 e. The molecule has 0 aliphatic carbocycles. The normalized spacial score (nSPS) is 15.0. The van der Waals surface area contributed by atoms with E-state index in [1.165, 1.54) is 12.8 Å². The van der Waals surface area contributed by atoms with Gasteiger partial charge in [-0.05, 0) is 30.0 Å². The van der Waals surface area contributed by atoms with Crippen LogP contribution < -0.4 is 14.4 Å². The molecule has 1 aromatic heterocycles. The van der Waals surface area contributed by atoms with Crippen molar-refractivity contribution < 1.29 is 9.47 Å². The van der Waals surface area contributed by atoms with E-state index in [9.17, 15) is 0 Å². The molecule has 0 radical (unpaired) electrons. The van der Waals surface area contributed by atoms with Crippen molar-refractivity contribution in [2.75, 3.05) is 32.2 Å². The molecule has 1 saturated heterocycles. The Balaban J connectivity index is 2.02. The minimum atomic E-state index is 0.258. The molecule has 2 aromatic rings. The summed E-state index contributed by atoms with van der Waals surface area (Å²) in [6.45, 7) is 4.26. The highest BCUT2D eigenvalue weighted by Gasteiger charge is 2.29. The second kappa shape index (κ2) is 6.16. The molecule has 5 nitrogen and oxygen atoms in total. The summed E-state index contributed by atoms with van der Waals surface area (Å²) in [4.78, 5) is 11.0. The number of nitrogens with zero attached hydrogens (tertiary/aromatic N) is 3. The number of hydrogen-bond acceptors (Lipinski definition) is 5. The van der Waals surface area contributed by atoms with Gasteiger partial charge < -0.3 is 14.4 Å². The summed E-state index contributed by atoms with van der Waals surface area (Å²) in [6, 6.07) is 3.77. The quantitative estimate of drug-likeness (QED) is 0.788. The summed E-state index contributed by atoms with van der Waals surface area (Å²) >= 11 is 6.09. The van der Waals surface area contributed by atoms with Gasteiger partial charge in [-0.1, -0.05) is 13.3 Å². The van der Waals surface area contributed by atoms with Crippen LogP contribution in [-0.4, -0.2) is 37.3 Å². The first-order valence-corrected chi connectivity index (χ1v) is 7.88. The average Bonchev–Trinajstić information content (AvgIpc) is 2.48. The lowest BCUT2D eigenvalue weighted by Gasteiger charge is -2.40. The van der Waals surface area contributed by atoms with Gasteiger partial charge in [-0.2, -0.15) is 4.98 Å². The molecular weight excluding hydrogens is 302 g/mol. The van der Waals surface area contributed by atoms with E-state index in [1.807, 2.05) is 12.1 Å². The molecule has 22 heavy (non-hydrogen) atoms. The van der Waals surface area contributed by atoms with Crippen LogP contribution in [0.2, 0.25) is 5.28 Å². The first-order valence-electron chi connectivity index (χ1n) is 7.50. The average molecular weight is 322 g/mol. The first-order chi connectivity index (χ1) is 10.7. The van der Waals surface area contributed by atoms with Gasteiger partial charge in [-0.3, -0.25) is 0 Å². The summed E-state index contributed by atoms with van der Waals surface area (Å²) in [5.74, 6) is 2.94. The van der Waals surface area contributed by atoms with Crippen LogP contribution in [0.3, 0.4) is 0 Å². The zero-order valence-corrected chi connectivity index (χ0v) is 13.9. The molecule has 118 valence electrons. The number of hydrogen-bond donors (Lipinski definition) is 0. The third-order valence-corrected chi connectivity index (χ3v) is 4.28. The van der Waals surface area contributed by atoms with Gasteiger partial charge in [0.05, 0.1) is 19.7 Å². The molecular formula is C16H20ClN3O2. The van der Waals surface area contributed by atoms with Gasteiger partial charge in [0.15, 0.2) is 11.5 Å². The van der Waals surface area contributed by atoms with E-state index in [-0.39, 0.29) is 5.28 Å². The lowest BCUT2D eigenvalue weighted by molar-refractivity contribution is 0.355. The Morgan fingerprint density at radius 1 is 1.18 bits per heavy atom. The van der Waals surface area contributed by atoms with Crippen molar-refractivity contribution in [3.8, 4) is 11.5 Å². The molecule has 1 aliphatic rings. The van der Waals surface area contributed by atoms with Crippen LogP contribution in [0.5, 0.6) is 11.5 Å². The fourth-order valence-electron chi connectivity index (χ4n) is 2.99. The van der Waals surface area contributed by atoms with Crippen molar-refractivity contribution in [1.82, 2.24) is 9.97 Å². The summed E-state index contributed by atoms with van der Waals surface area (Å²) in [6.07, 6.45) is 2.47. The Bertz CT molecular complexity index is 687. The molecule has 1 fully saturated rings. The van der Waals surface area contributed by atoms with Gasteiger partial charge in [0.1, 0.15) is 5.82 Å². The van der Waals surface area contributed by atoms with Gasteiger partial charge >= 0.3 is 0 Å². The van der Waals surface area contributed by atoms with Crippen LogP contribution in [0.25, 0.3) is 10.9 Å². The Morgan fingerprint density at radius 2 is 1.86 bits per heavy atom. The maximum Gasteiger partial charge on any atom is 0.224 e. The molecule has 0 bridgehead atoms. The van der Waals surface area contributed by atoms with E-state index in [2.05, 4.69) is 21.8 Å². The van der Waals surface area contributed by atoms with Crippen molar-refractivity contribution in [1.29, 1.82) is 0 Å². The summed E-state index contributed by atoms with van der Waals surface area (Å²) in [7, 11) is 3.24. The highest BCUT2D eigenvalue weighted by Crippen LogP contribution is 2.37. The monoisotopic (exact) mass is 321 g/mol. The molecule has 2 heterocycles. The lowest BCUT2D eigenvalue weighted by atomic mass is 9.95. The minimum absolute atomic E-state index is 0.258. The Kier molecular flexibility index (Phi) is 4.25. The topological polar surface area (TPSA) is 47.5 Å². The van der Waals surface area contributed by atoms with Crippen molar-refractivity contribution in [2.45, 2.75) is 19.8 Å². The fraction of sp³-hybridized carbons (Fsp3) is 0.500. The summed E-state index contributed by atoms with van der Waals surface area (Å²) in [5.41, 5.74) is 0.770.